The lowest BCUT2D eigenvalue weighted by molar-refractivity contribution is 0.598. The van der Waals surface area contributed by atoms with E-state index in [9.17, 15) is 13.2 Å². The van der Waals surface area contributed by atoms with Crippen LogP contribution in [0.1, 0.15) is 0 Å². The summed E-state index contributed by atoms with van der Waals surface area (Å²) in [5.41, 5.74) is 0.939. The molecule has 0 aliphatic carbocycles. The minimum atomic E-state index is -3.69. The van der Waals surface area contributed by atoms with Gasteiger partial charge in [-0.2, -0.15) is 5.10 Å². The van der Waals surface area contributed by atoms with E-state index in [0.29, 0.717) is 11.3 Å². The second kappa shape index (κ2) is 4.11. The van der Waals surface area contributed by atoms with Crippen LogP contribution in [0.15, 0.2) is 46.1 Å². The summed E-state index contributed by atoms with van der Waals surface area (Å²) in [5.74, 6) is 0. The average Bonchev–Trinajstić information content (AvgIpc) is 2.29. The van der Waals surface area contributed by atoms with E-state index in [1.54, 1.807) is 18.2 Å². The topological polar surface area (TPSA) is 106 Å². The molecule has 0 amide bonds. The molecule has 0 fully saturated rings. The van der Waals surface area contributed by atoms with Gasteiger partial charge in [-0.3, -0.25) is 4.79 Å². The number of nitrogens with one attached hydrogen (secondary N) is 1. The van der Waals surface area contributed by atoms with Crippen molar-refractivity contribution < 1.29 is 8.42 Å². The van der Waals surface area contributed by atoms with Gasteiger partial charge in [0.25, 0.3) is 5.56 Å². The second-order valence-corrected chi connectivity index (χ2v) is 4.94. The Morgan fingerprint density at radius 1 is 1.06 bits per heavy atom. The van der Waals surface area contributed by atoms with Gasteiger partial charge in [0.15, 0.2) is 0 Å². The van der Waals surface area contributed by atoms with Gasteiger partial charge < -0.3 is 0 Å². The van der Waals surface area contributed by atoms with Crippen LogP contribution >= 0.6 is 0 Å². The largest absolute Gasteiger partial charge is 0.268 e. The molecule has 0 radical (unpaired) electrons. The van der Waals surface area contributed by atoms with Crippen molar-refractivity contribution in [1.29, 1.82) is 0 Å². The quantitative estimate of drug-likeness (QED) is 0.788. The fourth-order valence-electron chi connectivity index (χ4n) is 1.32. The van der Waals surface area contributed by atoms with Crippen molar-refractivity contribution in [2.24, 2.45) is 5.14 Å². The molecule has 0 saturated carbocycles. The van der Waals surface area contributed by atoms with Crippen molar-refractivity contribution in [2.45, 2.75) is 4.90 Å². The maximum Gasteiger partial charge on any atom is 0.264 e. The van der Waals surface area contributed by atoms with Crippen LogP contribution in [0.3, 0.4) is 0 Å². The van der Waals surface area contributed by atoms with Gasteiger partial charge in [-0.25, -0.2) is 18.7 Å². The van der Waals surface area contributed by atoms with Crippen LogP contribution in [-0.2, 0) is 10.0 Å². The summed E-state index contributed by atoms with van der Waals surface area (Å²) in [4.78, 5) is 10.9. The number of nitrogens with two attached hydrogens (primary N) is 1. The summed E-state index contributed by atoms with van der Waals surface area (Å²) in [7, 11) is -3.69. The number of rotatable bonds is 2. The lowest BCUT2D eigenvalue weighted by Gasteiger charge is -2.01. The molecule has 1 heterocycles. The molecule has 0 aliphatic rings. The Morgan fingerprint density at radius 3 is 2.18 bits per heavy atom. The standard InChI is InChI=1S/C10H9N3O3S/c11-17(15,16)8-3-1-7(2-4-8)9-5-6-10(14)13-12-9/h1-6H,(H,13,14)(H2,11,15,16). The zero-order valence-electron chi connectivity index (χ0n) is 8.62. The van der Waals surface area contributed by atoms with Gasteiger partial charge >= 0.3 is 0 Å². The molecular formula is C10H9N3O3S. The minimum Gasteiger partial charge on any atom is -0.268 e. The van der Waals surface area contributed by atoms with E-state index in [-0.39, 0.29) is 10.5 Å². The average molecular weight is 251 g/mol. The van der Waals surface area contributed by atoms with E-state index in [1.807, 2.05) is 0 Å². The highest BCUT2D eigenvalue weighted by atomic mass is 32.2. The van der Waals surface area contributed by atoms with Gasteiger partial charge in [-0.15, -0.1) is 0 Å². The maximum atomic E-state index is 11.0. The number of hydrogen-bond donors (Lipinski definition) is 2. The molecule has 0 saturated heterocycles. The van der Waals surface area contributed by atoms with Crippen molar-refractivity contribution in [3.05, 3.63) is 46.8 Å². The summed E-state index contributed by atoms with van der Waals surface area (Å²) in [5, 5.41) is 11.1. The zero-order valence-corrected chi connectivity index (χ0v) is 9.44. The molecule has 3 N–H and O–H groups in total. The smallest absolute Gasteiger partial charge is 0.264 e. The third-order valence-corrected chi connectivity index (χ3v) is 3.09. The Hall–Kier alpha value is -1.99. The predicted molar refractivity (Wildman–Crippen MR) is 61.7 cm³/mol. The summed E-state index contributed by atoms with van der Waals surface area (Å²) >= 11 is 0. The Labute approximate surface area is 97.2 Å². The number of aromatic nitrogens is 2. The number of aromatic amines is 1. The molecule has 6 nitrogen and oxygen atoms in total. The van der Waals surface area contributed by atoms with Crippen molar-refractivity contribution in [3.8, 4) is 11.3 Å². The number of nitrogens with zero attached hydrogens (tertiary/aromatic N) is 1. The first kappa shape index (κ1) is 11.5. The lowest BCUT2D eigenvalue weighted by atomic mass is 10.1. The molecule has 2 aromatic rings. The van der Waals surface area contributed by atoms with E-state index in [4.69, 9.17) is 5.14 Å². The highest BCUT2D eigenvalue weighted by molar-refractivity contribution is 7.89. The molecule has 1 aromatic heterocycles. The number of benzene rings is 1. The Bertz CT molecular complexity index is 669. The molecule has 0 bridgehead atoms. The minimum absolute atomic E-state index is 0.0330. The van der Waals surface area contributed by atoms with Gasteiger partial charge in [-0.1, -0.05) is 12.1 Å². The first-order valence-corrected chi connectivity index (χ1v) is 6.20. The second-order valence-electron chi connectivity index (χ2n) is 3.38. The molecular weight excluding hydrogens is 242 g/mol. The molecule has 0 atom stereocenters. The van der Waals surface area contributed by atoms with Crippen LogP contribution in [0.2, 0.25) is 0 Å². The number of sulfonamides is 1. The summed E-state index contributed by atoms with van der Waals surface area (Å²) < 4.78 is 22.1. The van der Waals surface area contributed by atoms with Gasteiger partial charge in [0.05, 0.1) is 10.6 Å². The summed E-state index contributed by atoms with van der Waals surface area (Å²) in [6, 6.07) is 8.80. The van der Waals surface area contributed by atoms with Gasteiger partial charge in [0.2, 0.25) is 10.0 Å². The SMILES string of the molecule is NS(=O)(=O)c1ccc(-c2ccc(=O)[nH]n2)cc1. The van der Waals surface area contributed by atoms with Crippen molar-refractivity contribution in [2.75, 3.05) is 0 Å². The Morgan fingerprint density at radius 2 is 1.71 bits per heavy atom. The van der Waals surface area contributed by atoms with Gasteiger partial charge in [0.1, 0.15) is 0 Å². The van der Waals surface area contributed by atoms with E-state index in [1.165, 1.54) is 18.2 Å². The van der Waals surface area contributed by atoms with Crippen LogP contribution < -0.4 is 10.7 Å². The van der Waals surface area contributed by atoms with E-state index >= 15 is 0 Å². The van der Waals surface area contributed by atoms with E-state index in [0.717, 1.165) is 0 Å². The third kappa shape index (κ3) is 2.58. The fraction of sp³-hybridized carbons (Fsp3) is 0. The van der Waals surface area contributed by atoms with E-state index in [2.05, 4.69) is 10.2 Å². The van der Waals surface area contributed by atoms with Crippen molar-refractivity contribution in [3.63, 3.8) is 0 Å². The van der Waals surface area contributed by atoms with E-state index < -0.39 is 10.0 Å². The Balaban J connectivity index is 2.42. The Kier molecular flexibility index (Phi) is 2.78. The molecule has 7 heteroatoms. The van der Waals surface area contributed by atoms with Crippen LogP contribution in [0, 0.1) is 0 Å². The molecule has 0 aliphatic heterocycles. The number of H-pyrrole nitrogens is 1. The zero-order chi connectivity index (χ0) is 12.5. The maximum absolute atomic E-state index is 11.0. The van der Waals surface area contributed by atoms with Crippen LogP contribution in [0.4, 0.5) is 0 Å². The molecule has 0 unspecified atom stereocenters. The molecule has 88 valence electrons. The first-order valence-electron chi connectivity index (χ1n) is 4.66. The first-order chi connectivity index (χ1) is 7.97. The van der Waals surface area contributed by atoms with Gasteiger partial charge in [-0.05, 0) is 18.2 Å². The van der Waals surface area contributed by atoms with Crippen molar-refractivity contribution in [1.82, 2.24) is 10.2 Å². The highest BCUT2D eigenvalue weighted by Gasteiger charge is 2.07. The lowest BCUT2D eigenvalue weighted by Crippen LogP contribution is -2.11. The molecule has 17 heavy (non-hydrogen) atoms. The van der Waals surface area contributed by atoms with Crippen LogP contribution in [-0.4, -0.2) is 18.6 Å². The highest BCUT2D eigenvalue weighted by Crippen LogP contribution is 2.17. The summed E-state index contributed by atoms with van der Waals surface area (Å²) in [6.07, 6.45) is 0. The monoisotopic (exact) mass is 251 g/mol. The number of hydrogen-bond acceptors (Lipinski definition) is 4. The number of primary sulfonamides is 1. The predicted octanol–water partition coefficient (Wildman–Crippen LogP) is 0.0843. The van der Waals surface area contributed by atoms with Gasteiger partial charge in [0, 0.05) is 11.6 Å². The fourth-order valence-corrected chi connectivity index (χ4v) is 1.84. The van der Waals surface area contributed by atoms with Crippen LogP contribution in [0.5, 0.6) is 0 Å². The summed E-state index contributed by atoms with van der Waals surface area (Å²) in [6.45, 7) is 0. The van der Waals surface area contributed by atoms with Crippen molar-refractivity contribution >= 4 is 10.0 Å². The normalized spacial score (nSPS) is 11.4. The molecule has 1 aromatic carbocycles. The van der Waals surface area contributed by atoms with Crippen LogP contribution in [0.25, 0.3) is 11.3 Å². The molecule has 2 rings (SSSR count). The third-order valence-electron chi connectivity index (χ3n) is 2.16. The molecule has 0 spiro atoms.